The molecule has 0 atom stereocenters. The standard InChI is InChI=1S/C23H22FN5O2/c24-20-10-8-19(9-11-20)23-27-22(31-28-23)3-1-2-21(30)26-14-17-4-6-18(7-5-17)15-29-13-12-25-16-29/h4-13,16H,1-3,14-15H2,(H,26,30). The lowest BCUT2D eigenvalue weighted by Crippen LogP contribution is -2.22. The molecule has 0 aliphatic carbocycles. The summed E-state index contributed by atoms with van der Waals surface area (Å²) >= 11 is 0. The zero-order chi connectivity index (χ0) is 21.5. The van der Waals surface area contributed by atoms with E-state index in [1.807, 2.05) is 22.9 Å². The second kappa shape index (κ2) is 9.80. The van der Waals surface area contributed by atoms with E-state index < -0.39 is 0 Å². The minimum atomic E-state index is -0.316. The molecule has 0 bridgehead atoms. The van der Waals surface area contributed by atoms with Crippen molar-refractivity contribution < 1.29 is 13.7 Å². The topological polar surface area (TPSA) is 85.8 Å². The first-order chi connectivity index (χ1) is 15.2. The Kier molecular flexibility index (Phi) is 6.47. The van der Waals surface area contributed by atoms with Gasteiger partial charge >= 0.3 is 0 Å². The Morgan fingerprint density at radius 2 is 1.84 bits per heavy atom. The highest BCUT2D eigenvalue weighted by Crippen LogP contribution is 2.17. The van der Waals surface area contributed by atoms with Crippen LogP contribution in [0.1, 0.15) is 29.9 Å². The summed E-state index contributed by atoms with van der Waals surface area (Å²) in [5.41, 5.74) is 2.90. The molecule has 0 aliphatic rings. The van der Waals surface area contributed by atoms with Gasteiger partial charge in [0.25, 0.3) is 0 Å². The summed E-state index contributed by atoms with van der Waals surface area (Å²) in [6.07, 6.45) is 6.93. The molecule has 0 saturated carbocycles. The largest absolute Gasteiger partial charge is 0.352 e. The number of hydrogen-bond acceptors (Lipinski definition) is 5. The molecule has 31 heavy (non-hydrogen) atoms. The maximum absolute atomic E-state index is 13.0. The van der Waals surface area contributed by atoms with E-state index in [0.717, 1.165) is 12.1 Å². The summed E-state index contributed by atoms with van der Waals surface area (Å²) in [7, 11) is 0. The molecule has 2 aromatic heterocycles. The van der Waals surface area contributed by atoms with Gasteiger partial charge < -0.3 is 14.4 Å². The van der Waals surface area contributed by atoms with Crippen LogP contribution in [0.3, 0.4) is 0 Å². The molecule has 7 nitrogen and oxygen atoms in total. The minimum Gasteiger partial charge on any atom is -0.352 e. The fraction of sp³-hybridized carbons (Fsp3) is 0.217. The van der Waals surface area contributed by atoms with E-state index in [1.54, 1.807) is 24.7 Å². The molecule has 8 heteroatoms. The van der Waals surface area contributed by atoms with Gasteiger partial charge in [-0.2, -0.15) is 4.98 Å². The zero-order valence-corrected chi connectivity index (χ0v) is 16.9. The number of amides is 1. The summed E-state index contributed by atoms with van der Waals surface area (Å²) in [4.78, 5) is 20.5. The van der Waals surface area contributed by atoms with Crippen molar-refractivity contribution in [2.75, 3.05) is 0 Å². The molecular formula is C23H22FN5O2. The second-order valence-corrected chi connectivity index (χ2v) is 7.20. The van der Waals surface area contributed by atoms with E-state index in [4.69, 9.17) is 4.52 Å². The van der Waals surface area contributed by atoms with Crippen molar-refractivity contribution in [2.45, 2.75) is 32.4 Å². The molecule has 4 aromatic rings. The maximum Gasteiger partial charge on any atom is 0.226 e. The third-order valence-electron chi connectivity index (χ3n) is 4.80. The fourth-order valence-corrected chi connectivity index (χ4v) is 3.12. The number of carbonyl (C=O) groups excluding carboxylic acids is 1. The van der Waals surface area contributed by atoms with Gasteiger partial charge in [0, 0.05) is 43.9 Å². The first kappa shape index (κ1) is 20.5. The van der Waals surface area contributed by atoms with Gasteiger partial charge in [0.1, 0.15) is 5.82 Å². The Balaban J connectivity index is 1.18. The third kappa shape index (κ3) is 5.85. The van der Waals surface area contributed by atoms with Gasteiger partial charge in [0.15, 0.2) is 0 Å². The summed E-state index contributed by atoms with van der Waals surface area (Å²) in [5.74, 6) is 0.529. The van der Waals surface area contributed by atoms with Crippen molar-refractivity contribution in [3.63, 3.8) is 0 Å². The average Bonchev–Trinajstić information content (AvgIpc) is 3.46. The summed E-state index contributed by atoms with van der Waals surface area (Å²) in [6.45, 7) is 1.25. The number of aromatic nitrogens is 4. The molecule has 0 unspecified atom stereocenters. The van der Waals surface area contributed by atoms with Gasteiger partial charge in [-0.15, -0.1) is 0 Å². The van der Waals surface area contributed by atoms with Crippen LogP contribution >= 0.6 is 0 Å². The first-order valence-electron chi connectivity index (χ1n) is 10.0. The van der Waals surface area contributed by atoms with E-state index >= 15 is 0 Å². The predicted octanol–water partition coefficient (Wildman–Crippen LogP) is 3.76. The normalized spacial score (nSPS) is 10.9. The SMILES string of the molecule is O=C(CCCc1nc(-c2ccc(F)cc2)no1)NCc1ccc(Cn2ccnc2)cc1. The number of nitrogens with one attached hydrogen (secondary N) is 1. The van der Waals surface area contributed by atoms with Crippen LogP contribution in [0.4, 0.5) is 4.39 Å². The monoisotopic (exact) mass is 419 g/mol. The number of carbonyl (C=O) groups is 1. The van der Waals surface area contributed by atoms with Crippen LogP contribution in [0.25, 0.3) is 11.4 Å². The Bertz CT molecular complexity index is 1110. The minimum absolute atomic E-state index is 0.0271. The van der Waals surface area contributed by atoms with Crippen LogP contribution in [-0.2, 0) is 24.3 Å². The number of halogens is 1. The highest BCUT2D eigenvalue weighted by atomic mass is 19.1. The van der Waals surface area contributed by atoms with Crippen molar-refractivity contribution in [1.29, 1.82) is 0 Å². The van der Waals surface area contributed by atoms with Crippen LogP contribution in [0.15, 0.2) is 71.8 Å². The van der Waals surface area contributed by atoms with Gasteiger partial charge in [0.2, 0.25) is 17.6 Å². The van der Waals surface area contributed by atoms with Crippen molar-refractivity contribution >= 4 is 5.91 Å². The average molecular weight is 419 g/mol. The second-order valence-electron chi connectivity index (χ2n) is 7.20. The molecule has 0 spiro atoms. The third-order valence-corrected chi connectivity index (χ3v) is 4.80. The van der Waals surface area contributed by atoms with E-state index in [2.05, 4.69) is 32.6 Å². The first-order valence-corrected chi connectivity index (χ1v) is 10.0. The molecule has 0 aliphatic heterocycles. The molecule has 2 heterocycles. The van der Waals surface area contributed by atoms with Crippen LogP contribution in [0.5, 0.6) is 0 Å². The van der Waals surface area contributed by atoms with Crippen LogP contribution in [0, 0.1) is 5.82 Å². The van der Waals surface area contributed by atoms with Crippen molar-refractivity contribution in [2.24, 2.45) is 0 Å². The lowest BCUT2D eigenvalue weighted by atomic mass is 10.1. The molecule has 0 fully saturated rings. The molecule has 0 radical (unpaired) electrons. The van der Waals surface area contributed by atoms with E-state index in [1.165, 1.54) is 17.7 Å². The van der Waals surface area contributed by atoms with Crippen LogP contribution < -0.4 is 5.32 Å². The predicted molar refractivity (Wildman–Crippen MR) is 112 cm³/mol. The van der Waals surface area contributed by atoms with Gasteiger partial charge in [-0.1, -0.05) is 29.4 Å². The van der Waals surface area contributed by atoms with E-state index in [9.17, 15) is 9.18 Å². The molecule has 0 saturated heterocycles. The Morgan fingerprint density at radius 3 is 2.58 bits per heavy atom. The number of hydrogen-bond donors (Lipinski definition) is 1. The van der Waals surface area contributed by atoms with Gasteiger partial charge in [-0.3, -0.25) is 4.79 Å². The number of aryl methyl sites for hydroxylation is 1. The summed E-state index contributed by atoms with van der Waals surface area (Å²) < 4.78 is 20.2. The van der Waals surface area contributed by atoms with Crippen molar-refractivity contribution in [3.8, 4) is 11.4 Å². The number of imidazole rings is 1. The molecule has 4 rings (SSSR count). The van der Waals surface area contributed by atoms with Gasteiger partial charge in [-0.25, -0.2) is 9.37 Å². The highest BCUT2D eigenvalue weighted by Gasteiger charge is 2.10. The van der Waals surface area contributed by atoms with Gasteiger partial charge in [0.05, 0.1) is 6.33 Å². The van der Waals surface area contributed by atoms with E-state index in [-0.39, 0.29) is 11.7 Å². The Labute approximate surface area is 178 Å². The highest BCUT2D eigenvalue weighted by molar-refractivity contribution is 5.75. The molecule has 158 valence electrons. The smallest absolute Gasteiger partial charge is 0.226 e. The number of rotatable bonds is 9. The molecule has 1 amide bonds. The molecular weight excluding hydrogens is 397 g/mol. The zero-order valence-electron chi connectivity index (χ0n) is 16.9. The van der Waals surface area contributed by atoms with Crippen LogP contribution in [-0.4, -0.2) is 25.6 Å². The van der Waals surface area contributed by atoms with E-state index in [0.29, 0.717) is 43.1 Å². The molecule has 1 N–H and O–H groups in total. The van der Waals surface area contributed by atoms with Crippen LogP contribution in [0.2, 0.25) is 0 Å². The molecule has 2 aromatic carbocycles. The summed E-state index contributed by atoms with van der Waals surface area (Å²) in [6, 6.07) is 14.0. The lowest BCUT2D eigenvalue weighted by molar-refractivity contribution is -0.121. The quantitative estimate of drug-likeness (QED) is 0.446. The summed E-state index contributed by atoms with van der Waals surface area (Å²) in [5, 5.41) is 6.84. The Hall–Kier alpha value is -3.81. The Morgan fingerprint density at radius 1 is 1.06 bits per heavy atom. The number of nitrogens with zero attached hydrogens (tertiary/aromatic N) is 4. The number of benzene rings is 2. The van der Waals surface area contributed by atoms with Crippen molar-refractivity contribution in [3.05, 3.63) is 90.1 Å². The van der Waals surface area contributed by atoms with Gasteiger partial charge in [-0.05, 0) is 41.8 Å². The van der Waals surface area contributed by atoms with Crippen molar-refractivity contribution in [1.82, 2.24) is 25.0 Å². The fourth-order valence-electron chi connectivity index (χ4n) is 3.12. The lowest BCUT2D eigenvalue weighted by Gasteiger charge is -2.07. The maximum atomic E-state index is 13.0.